The van der Waals surface area contributed by atoms with E-state index in [2.05, 4.69) is 0 Å². The number of halogens is 1. The molecular weight excluding hydrogens is 289 g/mol. The number of hydrogen-bond donors (Lipinski definition) is 1. The molecule has 110 valence electrons. The number of carbonyl (C=O) groups is 1. The molecule has 1 atom stereocenters. The van der Waals surface area contributed by atoms with Crippen molar-refractivity contribution in [1.29, 1.82) is 0 Å². The van der Waals surface area contributed by atoms with Gasteiger partial charge in [0.05, 0.1) is 23.7 Å². The number of ether oxygens (including phenoxy) is 1. The minimum absolute atomic E-state index is 0.110. The minimum atomic E-state index is -4.08. The zero-order valence-electron chi connectivity index (χ0n) is 10.7. The highest BCUT2D eigenvalue weighted by Crippen LogP contribution is 2.24. The van der Waals surface area contributed by atoms with Crippen LogP contribution in [0, 0.1) is 5.82 Å². The summed E-state index contributed by atoms with van der Waals surface area (Å²) in [5, 5.41) is 9.05. The van der Waals surface area contributed by atoms with Gasteiger partial charge in [0.25, 0.3) is 0 Å². The molecule has 20 heavy (non-hydrogen) atoms. The fraction of sp³-hybridized carbons (Fsp3) is 0.417. The van der Waals surface area contributed by atoms with E-state index in [9.17, 15) is 17.6 Å². The Hall–Kier alpha value is -1.51. The zero-order chi connectivity index (χ0) is 14.9. The molecule has 0 radical (unpaired) electrons. The van der Waals surface area contributed by atoms with Gasteiger partial charge in [-0.1, -0.05) is 0 Å². The molecule has 0 spiro atoms. The quantitative estimate of drug-likeness (QED) is 0.898. The number of sulfonamides is 1. The molecule has 8 heteroatoms. The van der Waals surface area contributed by atoms with E-state index in [0.717, 1.165) is 22.5 Å². The van der Waals surface area contributed by atoms with Gasteiger partial charge < -0.3 is 9.84 Å². The third-order valence-corrected chi connectivity index (χ3v) is 5.12. The number of benzene rings is 1. The second kappa shape index (κ2) is 5.47. The standard InChI is InChI=1S/C12H14FNO5S/c1-8-7-19-5-4-14(8)20(17,18)11-6-9(13)2-3-10(11)12(15)16/h2-3,6,8H,4-5,7H2,1H3,(H,15,16). The van der Waals surface area contributed by atoms with Gasteiger partial charge in [-0.25, -0.2) is 17.6 Å². The minimum Gasteiger partial charge on any atom is -0.478 e. The summed E-state index contributed by atoms with van der Waals surface area (Å²) in [5.74, 6) is -2.21. The number of hydrogen-bond acceptors (Lipinski definition) is 4. The molecule has 1 heterocycles. The number of rotatable bonds is 3. The predicted molar refractivity (Wildman–Crippen MR) is 67.5 cm³/mol. The zero-order valence-corrected chi connectivity index (χ0v) is 11.6. The van der Waals surface area contributed by atoms with E-state index in [-0.39, 0.29) is 19.8 Å². The number of aromatic carboxylic acids is 1. The Bertz CT molecular complexity index is 631. The third kappa shape index (κ3) is 2.67. The Morgan fingerprint density at radius 1 is 1.50 bits per heavy atom. The molecule has 1 aromatic carbocycles. The summed E-state index contributed by atoms with van der Waals surface area (Å²) in [6.07, 6.45) is 0. The van der Waals surface area contributed by atoms with Gasteiger partial charge in [-0.05, 0) is 25.1 Å². The van der Waals surface area contributed by atoms with Gasteiger partial charge >= 0.3 is 5.97 Å². The summed E-state index contributed by atoms with van der Waals surface area (Å²) in [7, 11) is -4.08. The molecule has 1 N–H and O–H groups in total. The van der Waals surface area contributed by atoms with Crippen LogP contribution >= 0.6 is 0 Å². The SMILES string of the molecule is CC1COCCN1S(=O)(=O)c1cc(F)ccc1C(=O)O. The molecule has 1 unspecified atom stereocenters. The van der Waals surface area contributed by atoms with Crippen LogP contribution in [0.5, 0.6) is 0 Å². The van der Waals surface area contributed by atoms with Crippen molar-refractivity contribution < 1.29 is 27.4 Å². The Morgan fingerprint density at radius 2 is 2.20 bits per heavy atom. The average Bonchev–Trinajstić information content (AvgIpc) is 2.38. The number of carboxylic acids is 1. The maximum absolute atomic E-state index is 13.3. The molecule has 1 aliphatic rings. The second-order valence-electron chi connectivity index (χ2n) is 4.49. The van der Waals surface area contributed by atoms with Crippen molar-refractivity contribution >= 4 is 16.0 Å². The van der Waals surface area contributed by atoms with E-state index >= 15 is 0 Å². The molecule has 1 saturated heterocycles. The van der Waals surface area contributed by atoms with Crippen LogP contribution in [0.3, 0.4) is 0 Å². The summed E-state index contributed by atoms with van der Waals surface area (Å²) >= 11 is 0. The predicted octanol–water partition coefficient (Wildman–Crippen LogP) is 0.933. The Balaban J connectivity index is 2.53. The van der Waals surface area contributed by atoms with E-state index in [4.69, 9.17) is 9.84 Å². The fourth-order valence-electron chi connectivity index (χ4n) is 2.08. The highest BCUT2D eigenvalue weighted by Gasteiger charge is 2.34. The maximum atomic E-state index is 13.3. The summed E-state index contributed by atoms with van der Waals surface area (Å²) in [5.41, 5.74) is -0.440. The Kier molecular flexibility index (Phi) is 4.07. The molecule has 0 aromatic heterocycles. The van der Waals surface area contributed by atoms with Crippen molar-refractivity contribution in [3.05, 3.63) is 29.6 Å². The van der Waals surface area contributed by atoms with Gasteiger partial charge in [-0.3, -0.25) is 0 Å². The average molecular weight is 303 g/mol. The van der Waals surface area contributed by atoms with Gasteiger partial charge in [-0.15, -0.1) is 0 Å². The van der Waals surface area contributed by atoms with Crippen LogP contribution in [0.15, 0.2) is 23.1 Å². The molecule has 1 fully saturated rings. The number of carboxylic acid groups (broad SMARTS) is 1. The summed E-state index contributed by atoms with van der Waals surface area (Å²) in [6.45, 7) is 2.20. The van der Waals surface area contributed by atoms with Gasteiger partial charge in [-0.2, -0.15) is 4.31 Å². The first-order valence-electron chi connectivity index (χ1n) is 5.96. The van der Waals surface area contributed by atoms with Crippen LogP contribution in [0.2, 0.25) is 0 Å². The molecule has 1 aromatic rings. The maximum Gasteiger partial charge on any atom is 0.337 e. The van der Waals surface area contributed by atoms with E-state index < -0.39 is 38.3 Å². The smallest absolute Gasteiger partial charge is 0.337 e. The summed E-state index contributed by atoms with van der Waals surface area (Å²) in [6, 6.07) is 2.18. The fourth-order valence-corrected chi connectivity index (χ4v) is 3.88. The topological polar surface area (TPSA) is 83.9 Å². The molecule has 1 aliphatic heterocycles. The van der Waals surface area contributed by atoms with Crippen molar-refractivity contribution in [2.75, 3.05) is 19.8 Å². The van der Waals surface area contributed by atoms with Gasteiger partial charge in [0.1, 0.15) is 5.82 Å². The summed E-state index contributed by atoms with van der Waals surface area (Å²) in [4.78, 5) is 10.6. The van der Waals surface area contributed by atoms with Crippen LogP contribution < -0.4 is 0 Å². The molecule has 0 saturated carbocycles. The van der Waals surface area contributed by atoms with Crippen molar-refractivity contribution in [3.8, 4) is 0 Å². The van der Waals surface area contributed by atoms with Crippen molar-refractivity contribution in [1.82, 2.24) is 4.31 Å². The normalized spacial score (nSPS) is 20.8. The lowest BCUT2D eigenvalue weighted by molar-refractivity contribution is 0.0392. The molecule has 6 nitrogen and oxygen atoms in total. The van der Waals surface area contributed by atoms with Crippen molar-refractivity contribution in [3.63, 3.8) is 0 Å². The monoisotopic (exact) mass is 303 g/mol. The van der Waals surface area contributed by atoms with E-state index in [1.807, 2.05) is 0 Å². The Morgan fingerprint density at radius 3 is 2.80 bits per heavy atom. The van der Waals surface area contributed by atoms with E-state index in [1.54, 1.807) is 6.92 Å². The van der Waals surface area contributed by atoms with E-state index in [1.165, 1.54) is 0 Å². The lowest BCUT2D eigenvalue weighted by Crippen LogP contribution is -2.47. The van der Waals surface area contributed by atoms with Crippen LogP contribution in [0.4, 0.5) is 4.39 Å². The van der Waals surface area contributed by atoms with Crippen LogP contribution in [-0.4, -0.2) is 49.6 Å². The first-order chi connectivity index (χ1) is 9.34. The molecule has 0 bridgehead atoms. The second-order valence-corrected chi connectivity index (χ2v) is 6.34. The Labute approximate surface area is 115 Å². The van der Waals surface area contributed by atoms with Gasteiger partial charge in [0.15, 0.2) is 0 Å². The third-order valence-electron chi connectivity index (χ3n) is 3.07. The summed E-state index contributed by atoms with van der Waals surface area (Å²) < 4.78 is 44.6. The molecule has 0 amide bonds. The largest absolute Gasteiger partial charge is 0.478 e. The number of morpholine rings is 1. The van der Waals surface area contributed by atoms with Crippen LogP contribution in [-0.2, 0) is 14.8 Å². The lowest BCUT2D eigenvalue weighted by Gasteiger charge is -2.32. The molecule has 2 rings (SSSR count). The number of nitrogens with zero attached hydrogens (tertiary/aromatic N) is 1. The van der Waals surface area contributed by atoms with Gasteiger partial charge in [0, 0.05) is 12.6 Å². The molecule has 0 aliphatic carbocycles. The first-order valence-corrected chi connectivity index (χ1v) is 7.40. The van der Waals surface area contributed by atoms with E-state index in [0.29, 0.717) is 0 Å². The first kappa shape index (κ1) is 14.9. The van der Waals surface area contributed by atoms with Crippen molar-refractivity contribution in [2.24, 2.45) is 0 Å². The van der Waals surface area contributed by atoms with Crippen LogP contribution in [0.1, 0.15) is 17.3 Å². The van der Waals surface area contributed by atoms with Crippen LogP contribution in [0.25, 0.3) is 0 Å². The highest BCUT2D eigenvalue weighted by atomic mass is 32.2. The lowest BCUT2D eigenvalue weighted by atomic mass is 10.2. The molecular formula is C12H14FNO5S. The highest BCUT2D eigenvalue weighted by molar-refractivity contribution is 7.89. The van der Waals surface area contributed by atoms with Gasteiger partial charge in [0.2, 0.25) is 10.0 Å². The van der Waals surface area contributed by atoms with Crippen molar-refractivity contribution in [2.45, 2.75) is 17.9 Å².